The molecule has 1 aliphatic rings. The van der Waals surface area contributed by atoms with Crippen molar-refractivity contribution in [3.8, 4) is 0 Å². The van der Waals surface area contributed by atoms with Gasteiger partial charge in [-0.05, 0) is 32.7 Å². The lowest BCUT2D eigenvalue weighted by atomic mass is 9.90. The second-order valence-electron chi connectivity index (χ2n) is 6.34. The van der Waals surface area contributed by atoms with E-state index < -0.39 is 0 Å². The summed E-state index contributed by atoms with van der Waals surface area (Å²) in [5.74, 6) is 0.791. The Bertz CT molecular complexity index is 213. The molecule has 2 atom stereocenters. The number of nitrogens with one attached hydrogen (secondary N) is 1. The monoisotopic (exact) mass is 240 g/mol. The van der Waals surface area contributed by atoms with Crippen molar-refractivity contribution in [3.05, 3.63) is 0 Å². The van der Waals surface area contributed by atoms with Crippen molar-refractivity contribution in [1.29, 1.82) is 0 Å². The van der Waals surface area contributed by atoms with Crippen molar-refractivity contribution in [2.45, 2.75) is 71.9 Å². The molecule has 0 aromatic rings. The van der Waals surface area contributed by atoms with Crippen molar-refractivity contribution in [3.63, 3.8) is 0 Å². The van der Waals surface area contributed by atoms with Gasteiger partial charge in [0.1, 0.15) is 0 Å². The molecule has 102 valence electrons. The third-order valence-electron chi connectivity index (χ3n) is 4.43. The van der Waals surface area contributed by atoms with Gasteiger partial charge in [-0.15, -0.1) is 0 Å². The van der Waals surface area contributed by atoms with E-state index in [1.807, 2.05) is 0 Å². The van der Waals surface area contributed by atoms with E-state index >= 15 is 0 Å². The fraction of sp³-hybridized carbons (Fsp3) is 1.00. The summed E-state index contributed by atoms with van der Waals surface area (Å²) in [7, 11) is 0. The van der Waals surface area contributed by atoms with Gasteiger partial charge in [-0.2, -0.15) is 0 Å². The molecular weight excluding hydrogens is 208 g/mol. The van der Waals surface area contributed by atoms with Crippen molar-refractivity contribution < 1.29 is 0 Å². The van der Waals surface area contributed by atoms with Crippen LogP contribution in [0.15, 0.2) is 0 Å². The summed E-state index contributed by atoms with van der Waals surface area (Å²) < 4.78 is 0. The maximum atomic E-state index is 3.74. The molecule has 2 unspecified atom stereocenters. The summed E-state index contributed by atoms with van der Waals surface area (Å²) in [4.78, 5) is 2.70. The highest BCUT2D eigenvalue weighted by atomic mass is 15.3. The minimum atomic E-state index is 0.331. The first-order valence-corrected chi connectivity index (χ1v) is 7.49. The Morgan fingerprint density at radius 3 is 2.59 bits per heavy atom. The van der Waals surface area contributed by atoms with Crippen LogP contribution in [0.3, 0.4) is 0 Å². The van der Waals surface area contributed by atoms with Crippen LogP contribution in [-0.2, 0) is 0 Å². The molecule has 0 aliphatic carbocycles. The highest BCUT2D eigenvalue weighted by Gasteiger charge is 2.34. The Kier molecular flexibility index (Phi) is 5.94. The topological polar surface area (TPSA) is 15.3 Å². The summed E-state index contributed by atoms with van der Waals surface area (Å²) in [5.41, 5.74) is 0.331. The van der Waals surface area contributed by atoms with Gasteiger partial charge < -0.3 is 5.32 Å². The lowest BCUT2D eigenvalue weighted by Gasteiger charge is -2.47. The Morgan fingerprint density at radius 2 is 2.00 bits per heavy atom. The van der Waals surface area contributed by atoms with E-state index in [4.69, 9.17) is 0 Å². The van der Waals surface area contributed by atoms with Crippen LogP contribution in [0, 0.1) is 5.92 Å². The molecule has 1 aliphatic heterocycles. The van der Waals surface area contributed by atoms with E-state index in [2.05, 4.69) is 44.8 Å². The molecule has 1 fully saturated rings. The first kappa shape index (κ1) is 15.0. The van der Waals surface area contributed by atoms with E-state index in [0.29, 0.717) is 11.6 Å². The maximum Gasteiger partial charge on any atom is 0.0278 e. The zero-order valence-corrected chi connectivity index (χ0v) is 12.6. The van der Waals surface area contributed by atoms with Crippen LogP contribution in [0.5, 0.6) is 0 Å². The van der Waals surface area contributed by atoms with Gasteiger partial charge in [-0.3, -0.25) is 4.90 Å². The molecule has 0 spiro atoms. The molecule has 0 saturated carbocycles. The van der Waals surface area contributed by atoms with Crippen LogP contribution in [0.1, 0.15) is 60.3 Å². The molecule has 1 N–H and O–H groups in total. The molecule has 2 heteroatoms. The number of unbranched alkanes of at least 4 members (excludes halogenated alkanes) is 2. The average Bonchev–Trinajstić information content (AvgIpc) is 2.30. The van der Waals surface area contributed by atoms with Crippen LogP contribution in [0.4, 0.5) is 0 Å². The van der Waals surface area contributed by atoms with Crippen LogP contribution in [0.2, 0.25) is 0 Å². The fourth-order valence-corrected chi connectivity index (χ4v) is 2.65. The van der Waals surface area contributed by atoms with Gasteiger partial charge in [0, 0.05) is 24.7 Å². The molecule has 1 saturated heterocycles. The summed E-state index contributed by atoms with van der Waals surface area (Å²) in [5, 5.41) is 3.74. The Morgan fingerprint density at radius 1 is 1.29 bits per heavy atom. The van der Waals surface area contributed by atoms with E-state index in [0.717, 1.165) is 12.5 Å². The lowest BCUT2D eigenvalue weighted by molar-refractivity contribution is 0.0505. The number of hydrogen-bond donors (Lipinski definition) is 1. The van der Waals surface area contributed by atoms with Crippen molar-refractivity contribution in [2.24, 2.45) is 5.92 Å². The molecule has 1 rings (SSSR count). The molecule has 2 nitrogen and oxygen atoms in total. The van der Waals surface area contributed by atoms with E-state index in [9.17, 15) is 0 Å². The van der Waals surface area contributed by atoms with Crippen molar-refractivity contribution in [2.75, 3.05) is 19.6 Å². The minimum Gasteiger partial charge on any atom is -0.311 e. The molecular formula is C15H32N2. The zero-order chi connectivity index (χ0) is 12.9. The van der Waals surface area contributed by atoms with Gasteiger partial charge >= 0.3 is 0 Å². The van der Waals surface area contributed by atoms with E-state index in [1.54, 1.807) is 0 Å². The van der Waals surface area contributed by atoms with Crippen molar-refractivity contribution in [1.82, 2.24) is 10.2 Å². The van der Waals surface area contributed by atoms with Gasteiger partial charge in [-0.1, -0.05) is 40.0 Å². The largest absolute Gasteiger partial charge is 0.311 e. The lowest BCUT2D eigenvalue weighted by Crippen LogP contribution is -2.63. The second-order valence-corrected chi connectivity index (χ2v) is 6.34. The standard InChI is InChI=1S/C15H32N2/c1-6-8-9-10-17-11-14(13(3)7-2)16-12-15(17,4)5/h13-14,16H,6-12H2,1-5H3. The summed E-state index contributed by atoms with van der Waals surface area (Å²) in [6.45, 7) is 15.3. The summed E-state index contributed by atoms with van der Waals surface area (Å²) >= 11 is 0. The van der Waals surface area contributed by atoms with Crippen LogP contribution < -0.4 is 5.32 Å². The summed E-state index contributed by atoms with van der Waals surface area (Å²) in [6, 6.07) is 0.689. The molecule has 0 aromatic carbocycles. The summed E-state index contributed by atoms with van der Waals surface area (Å²) in [6.07, 6.45) is 5.32. The van der Waals surface area contributed by atoms with Gasteiger partial charge in [0.2, 0.25) is 0 Å². The molecule has 0 bridgehead atoms. The average molecular weight is 240 g/mol. The maximum absolute atomic E-state index is 3.74. The third kappa shape index (κ3) is 4.26. The molecule has 1 heterocycles. The first-order valence-electron chi connectivity index (χ1n) is 7.49. The third-order valence-corrected chi connectivity index (χ3v) is 4.43. The van der Waals surface area contributed by atoms with Crippen LogP contribution in [0.25, 0.3) is 0 Å². The zero-order valence-electron chi connectivity index (χ0n) is 12.6. The number of rotatable bonds is 6. The highest BCUT2D eigenvalue weighted by molar-refractivity contribution is 4.94. The SMILES string of the molecule is CCCCCN1CC(C(C)CC)NCC1(C)C. The molecule has 0 amide bonds. The second kappa shape index (κ2) is 6.75. The highest BCUT2D eigenvalue weighted by Crippen LogP contribution is 2.23. The number of nitrogens with zero attached hydrogens (tertiary/aromatic N) is 1. The molecule has 17 heavy (non-hydrogen) atoms. The van der Waals surface area contributed by atoms with Crippen LogP contribution in [-0.4, -0.2) is 36.1 Å². The van der Waals surface area contributed by atoms with Gasteiger partial charge in [-0.25, -0.2) is 0 Å². The van der Waals surface area contributed by atoms with Crippen LogP contribution >= 0.6 is 0 Å². The fourth-order valence-electron chi connectivity index (χ4n) is 2.65. The molecule has 0 aromatic heterocycles. The van der Waals surface area contributed by atoms with E-state index in [-0.39, 0.29) is 0 Å². The number of hydrogen-bond acceptors (Lipinski definition) is 2. The Hall–Kier alpha value is -0.0800. The quantitative estimate of drug-likeness (QED) is 0.717. The first-order chi connectivity index (χ1) is 8.01. The number of piperazine rings is 1. The smallest absolute Gasteiger partial charge is 0.0278 e. The normalized spacial score (nSPS) is 27.0. The van der Waals surface area contributed by atoms with Gasteiger partial charge in [0.25, 0.3) is 0 Å². The van der Waals surface area contributed by atoms with Crippen molar-refractivity contribution >= 4 is 0 Å². The van der Waals surface area contributed by atoms with Gasteiger partial charge in [0.05, 0.1) is 0 Å². The molecule has 0 radical (unpaired) electrons. The predicted molar refractivity (Wildman–Crippen MR) is 76.4 cm³/mol. The Labute approximate surface area is 108 Å². The Balaban J connectivity index is 2.50. The predicted octanol–water partition coefficient (Wildman–Crippen LogP) is 3.28. The minimum absolute atomic E-state index is 0.331. The van der Waals surface area contributed by atoms with E-state index in [1.165, 1.54) is 38.8 Å². The van der Waals surface area contributed by atoms with Gasteiger partial charge in [0.15, 0.2) is 0 Å².